The molecule has 4 aromatic carbocycles. The number of methoxy groups -OCH3 is 8. The van der Waals surface area contributed by atoms with Gasteiger partial charge in [0.1, 0.15) is 0 Å². The number of rotatable bonds is 26. The Kier molecular flexibility index (Phi) is 20.2. The molecule has 73 heavy (non-hydrogen) atoms. The number of fused-ring (bicyclic) bond motifs is 2. The summed E-state index contributed by atoms with van der Waals surface area (Å²) in [6.07, 6.45) is 1.36. The summed E-state index contributed by atoms with van der Waals surface area (Å²) in [5, 5.41) is 0. The number of hydrogen-bond acceptors (Lipinski definition) is 18. The van der Waals surface area contributed by atoms with Crippen LogP contribution >= 0.6 is 0 Å². The first kappa shape index (κ1) is 55.4. The zero-order chi connectivity index (χ0) is 52.6. The average molecular weight is 1020 g/mol. The van der Waals surface area contributed by atoms with E-state index in [-0.39, 0.29) is 38.4 Å². The molecule has 0 amide bonds. The summed E-state index contributed by atoms with van der Waals surface area (Å²) < 4.78 is 67.4. The predicted molar refractivity (Wildman–Crippen MR) is 269 cm³/mol. The molecule has 2 aliphatic rings. The molecule has 4 aromatic rings. The summed E-state index contributed by atoms with van der Waals surface area (Å²) in [4.78, 5) is 56.4. The van der Waals surface area contributed by atoms with Crippen LogP contribution in [0.4, 0.5) is 0 Å². The van der Waals surface area contributed by atoms with Crippen LogP contribution < -0.4 is 37.9 Å². The van der Waals surface area contributed by atoms with Crippen LogP contribution in [-0.4, -0.2) is 142 Å². The standard InChI is InChI=1S/C55H70N2O16/c1-34(58)72-52(32-56-20-18-38-28-48(66-7)50(68-9)30-40(38)42(56)24-36-14-16-44(62-3)46(26-36)64-5)54(60)70-22-12-11-13-23-71-55(61)53(73-35(2)59)33-57-21-19-39-29-49(67-8)51(69-10)31-41(39)43(57)25-37-15-17-45(63-4)47(27-37)65-6/h14-17,26-31,42-43,52-53H,11-13,18-25,32-33H2,1-10H3. The van der Waals surface area contributed by atoms with E-state index in [1.807, 2.05) is 60.7 Å². The third-order valence-corrected chi connectivity index (χ3v) is 13.2. The van der Waals surface area contributed by atoms with E-state index < -0.39 is 36.1 Å². The van der Waals surface area contributed by atoms with Gasteiger partial charge in [-0.3, -0.25) is 19.4 Å². The number of benzene rings is 4. The van der Waals surface area contributed by atoms with Crippen molar-refractivity contribution in [3.63, 3.8) is 0 Å². The molecule has 18 heteroatoms. The smallest absolute Gasteiger partial charge is 0.348 e. The summed E-state index contributed by atoms with van der Waals surface area (Å²) in [6, 6.07) is 18.8. The number of carbonyl (C=O) groups is 4. The molecule has 4 unspecified atom stereocenters. The second-order valence-corrected chi connectivity index (χ2v) is 17.7. The lowest BCUT2D eigenvalue weighted by atomic mass is 9.87. The quantitative estimate of drug-likeness (QED) is 0.0361. The molecular weight excluding hydrogens is 945 g/mol. The van der Waals surface area contributed by atoms with Crippen molar-refractivity contribution in [3.05, 3.63) is 94.0 Å². The largest absolute Gasteiger partial charge is 0.493 e. The third-order valence-electron chi connectivity index (χ3n) is 13.2. The second-order valence-electron chi connectivity index (χ2n) is 17.7. The molecule has 2 heterocycles. The predicted octanol–water partition coefficient (Wildman–Crippen LogP) is 6.86. The molecule has 396 valence electrons. The van der Waals surface area contributed by atoms with Crippen LogP contribution in [-0.2, 0) is 63.8 Å². The highest BCUT2D eigenvalue weighted by Gasteiger charge is 2.37. The van der Waals surface area contributed by atoms with E-state index in [1.54, 1.807) is 56.9 Å². The van der Waals surface area contributed by atoms with Gasteiger partial charge in [0.25, 0.3) is 0 Å². The minimum Gasteiger partial charge on any atom is -0.493 e. The fourth-order valence-electron chi connectivity index (χ4n) is 9.60. The highest BCUT2D eigenvalue weighted by molar-refractivity contribution is 5.79. The van der Waals surface area contributed by atoms with Crippen LogP contribution in [0, 0.1) is 0 Å². The van der Waals surface area contributed by atoms with Crippen LogP contribution in [0.1, 0.15) is 78.6 Å². The highest BCUT2D eigenvalue weighted by Crippen LogP contribution is 2.42. The van der Waals surface area contributed by atoms with Gasteiger partial charge in [0.05, 0.1) is 70.1 Å². The topological polar surface area (TPSA) is 186 Å². The van der Waals surface area contributed by atoms with Gasteiger partial charge < -0.3 is 56.8 Å². The molecule has 0 saturated carbocycles. The molecule has 0 fully saturated rings. The normalized spacial score (nSPS) is 16.1. The maximum Gasteiger partial charge on any atom is 0.348 e. The Morgan fingerprint density at radius 1 is 0.466 bits per heavy atom. The minimum absolute atomic E-state index is 0.0457. The zero-order valence-electron chi connectivity index (χ0n) is 43.7. The summed E-state index contributed by atoms with van der Waals surface area (Å²) in [7, 11) is 12.7. The minimum atomic E-state index is -1.21. The fraction of sp³-hybridized carbons (Fsp3) is 0.491. The van der Waals surface area contributed by atoms with E-state index in [2.05, 4.69) is 9.80 Å². The first-order valence-electron chi connectivity index (χ1n) is 24.3. The Balaban J connectivity index is 1.07. The molecule has 0 saturated heterocycles. The van der Waals surface area contributed by atoms with Gasteiger partial charge in [-0.2, -0.15) is 0 Å². The Labute approximate surface area is 427 Å². The van der Waals surface area contributed by atoms with Gasteiger partial charge in [0.2, 0.25) is 12.2 Å². The van der Waals surface area contributed by atoms with Crippen LogP contribution in [0.3, 0.4) is 0 Å². The molecule has 0 bridgehead atoms. The van der Waals surface area contributed by atoms with E-state index in [0.29, 0.717) is 104 Å². The summed E-state index contributed by atoms with van der Waals surface area (Å²) in [6.45, 7) is 3.88. The van der Waals surface area contributed by atoms with Crippen LogP contribution in [0.5, 0.6) is 46.0 Å². The van der Waals surface area contributed by atoms with E-state index >= 15 is 0 Å². The van der Waals surface area contributed by atoms with Gasteiger partial charge in [0, 0.05) is 52.1 Å². The van der Waals surface area contributed by atoms with Gasteiger partial charge in [-0.1, -0.05) is 12.1 Å². The summed E-state index contributed by atoms with van der Waals surface area (Å²) in [5.74, 6) is 2.17. The SMILES string of the molecule is COc1ccc(CC2c3cc(OC)c(OC)cc3CCN2CC(OC(C)=O)C(=O)OCCCCCOC(=O)C(CN2CCc3cc(OC)c(OC)cc3C2Cc2ccc(OC)c(OC)c2)OC(C)=O)cc1OC. The maximum absolute atomic E-state index is 13.7. The van der Waals surface area contributed by atoms with Crippen molar-refractivity contribution in [1.29, 1.82) is 0 Å². The number of carbonyl (C=O) groups excluding carboxylic acids is 4. The molecule has 6 rings (SSSR count). The van der Waals surface area contributed by atoms with Crippen molar-refractivity contribution in [2.24, 2.45) is 0 Å². The summed E-state index contributed by atoms with van der Waals surface area (Å²) in [5.41, 5.74) is 6.05. The van der Waals surface area contributed by atoms with E-state index in [0.717, 1.165) is 33.4 Å². The first-order chi connectivity index (χ1) is 35.3. The van der Waals surface area contributed by atoms with Crippen LogP contribution in [0.25, 0.3) is 0 Å². The lowest BCUT2D eigenvalue weighted by Crippen LogP contribution is -2.45. The zero-order valence-corrected chi connectivity index (χ0v) is 43.7. The van der Waals surface area contributed by atoms with Crippen molar-refractivity contribution in [2.45, 2.75) is 83.1 Å². The Morgan fingerprint density at radius 2 is 0.808 bits per heavy atom. The molecule has 4 atom stereocenters. The number of ether oxygens (including phenoxy) is 12. The monoisotopic (exact) mass is 1010 g/mol. The van der Waals surface area contributed by atoms with Crippen molar-refractivity contribution in [1.82, 2.24) is 9.80 Å². The van der Waals surface area contributed by atoms with Gasteiger partial charge in [-0.05, 0) is 127 Å². The van der Waals surface area contributed by atoms with E-state index in [1.165, 1.54) is 13.8 Å². The number of unbranched alkanes of at least 4 members (excludes halogenated alkanes) is 2. The molecule has 0 aromatic heterocycles. The second kappa shape index (κ2) is 26.7. The molecule has 18 nitrogen and oxygen atoms in total. The van der Waals surface area contributed by atoms with Gasteiger partial charge >= 0.3 is 23.9 Å². The maximum atomic E-state index is 13.7. The lowest BCUT2D eigenvalue weighted by molar-refractivity contribution is -0.169. The highest BCUT2D eigenvalue weighted by atomic mass is 16.6. The molecule has 0 radical (unpaired) electrons. The number of hydrogen-bond donors (Lipinski definition) is 0. The summed E-state index contributed by atoms with van der Waals surface area (Å²) >= 11 is 0. The Bertz CT molecular complexity index is 2360. The van der Waals surface area contributed by atoms with Gasteiger partial charge in [0.15, 0.2) is 46.0 Å². The Hall–Kier alpha value is -6.92. The van der Waals surface area contributed by atoms with E-state index in [4.69, 9.17) is 56.8 Å². The van der Waals surface area contributed by atoms with E-state index in [9.17, 15) is 19.2 Å². The van der Waals surface area contributed by atoms with Crippen LogP contribution in [0.15, 0.2) is 60.7 Å². The van der Waals surface area contributed by atoms with Crippen molar-refractivity contribution in [2.75, 3.05) is 96.3 Å². The lowest BCUT2D eigenvalue weighted by Gasteiger charge is -2.39. The fourth-order valence-corrected chi connectivity index (χ4v) is 9.60. The average Bonchev–Trinajstić information content (AvgIpc) is 3.39. The third kappa shape index (κ3) is 14.2. The van der Waals surface area contributed by atoms with Crippen molar-refractivity contribution in [3.8, 4) is 46.0 Å². The van der Waals surface area contributed by atoms with Crippen molar-refractivity contribution < 1.29 is 76.0 Å². The molecule has 0 N–H and O–H groups in total. The Morgan fingerprint density at radius 3 is 1.15 bits per heavy atom. The van der Waals surface area contributed by atoms with Crippen molar-refractivity contribution >= 4 is 23.9 Å². The molecule has 0 spiro atoms. The van der Waals surface area contributed by atoms with Crippen LogP contribution in [0.2, 0.25) is 0 Å². The molecule has 0 aliphatic carbocycles. The first-order valence-corrected chi connectivity index (χ1v) is 24.3. The molecule has 2 aliphatic heterocycles. The molecular formula is C55H70N2O16. The number of esters is 4. The van der Waals surface area contributed by atoms with Gasteiger partial charge in [-0.25, -0.2) is 9.59 Å². The van der Waals surface area contributed by atoms with Gasteiger partial charge in [-0.15, -0.1) is 0 Å². The number of nitrogens with zero attached hydrogens (tertiary/aromatic N) is 2.